The first-order valence-corrected chi connectivity index (χ1v) is 9.01. The molecule has 1 N–H and O–H groups in total. The lowest BCUT2D eigenvalue weighted by atomic mass is 10.0. The van der Waals surface area contributed by atoms with Crippen LogP contribution < -0.4 is 5.32 Å². The van der Waals surface area contributed by atoms with E-state index in [0.29, 0.717) is 21.3 Å². The van der Waals surface area contributed by atoms with Crippen molar-refractivity contribution in [3.8, 4) is 0 Å². The van der Waals surface area contributed by atoms with Gasteiger partial charge in [-0.15, -0.1) is 0 Å². The zero-order valence-electron chi connectivity index (χ0n) is 12.9. The van der Waals surface area contributed by atoms with Crippen LogP contribution in [0.1, 0.15) is 27.7 Å². The number of hydrogen-bond acceptors (Lipinski definition) is 2. The molecule has 2 aromatic carbocycles. The Morgan fingerprint density at radius 3 is 2.40 bits per heavy atom. The Morgan fingerprint density at radius 2 is 1.76 bits per heavy atom. The molecule has 1 aromatic heterocycles. The van der Waals surface area contributed by atoms with Gasteiger partial charge in [-0.3, -0.25) is 9.78 Å². The summed E-state index contributed by atoms with van der Waals surface area (Å²) in [6.45, 7) is 0. The monoisotopic (exact) mass is 434 g/mol. The van der Waals surface area contributed by atoms with Crippen LogP contribution in [0.2, 0.25) is 10.0 Å². The summed E-state index contributed by atoms with van der Waals surface area (Å²) >= 11 is 15.4. The van der Waals surface area contributed by atoms with E-state index in [4.69, 9.17) is 23.2 Å². The van der Waals surface area contributed by atoms with Crippen LogP contribution in [0, 0.1) is 0 Å². The highest BCUT2D eigenvalue weighted by Gasteiger charge is 2.19. The van der Waals surface area contributed by atoms with Gasteiger partial charge in [-0.1, -0.05) is 35.3 Å². The number of aromatic nitrogens is 1. The molecule has 126 valence electrons. The molecule has 0 aliphatic carbocycles. The van der Waals surface area contributed by atoms with Crippen LogP contribution in [0.25, 0.3) is 0 Å². The number of amides is 1. The minimum atomic E-state index is -0.421. The summed E-state index contributed by atoms with van der Waals surface area (Å²) in [6.07, 6.45) is 1.70. The molecule has 6 heteroatoms. The van der Waals surface area contributed by atoms with Crippen LogP contribution in [-0.4, -0.2) is 10.9 Å². The van der Waals surface area contributed by atoms with Gasteiger partial charge < -0.3 is 5.32 Å². The lowest BCUT2D eigenvalue weighted by molar-refractivity contribution is 0.0942. The third-order valence-electron chi connectivity index (χ3n) is 3.61. The van der Waals surface area contributed by atoms with Crippen LogP contribution in [0.3, 0.4) is 0 Å². The first kappa shape index (κ1) is 17.9. The number of rotatable bonds is 4. The van der Waals surface area contributed by atoms with Crippen LogP contribution in [-0.2, 0) is 0 Å². The first-order chi connectivity index (χ1) is 12.0. The summed E-state index contributed by atoms with van der Waals surface area (Å²) in [5.41, 5.74) is 2.09. The molecule has 25 heavy (non-hydrogen) atoms. The summed E-state index contributed by atoms with van der Waals surface area (Å²) in [5.74, 6) is -0.216. The van der Waals surface area contributed by atoms with Crippen molar-refractivity contribution in [3.05, 3.63) is 98.2 Å². The van der Waals surface area contributed by atoms with Gasteiger partial charge in [0.05, 0.1) is 11.7 Å². The standard InChI is InChI=1S/C19H13BrCl2N2O/c20-14-6-9-17(23-11-14)18(13-2-1-3-16(22)10-13)24-19(25)12-4-7-15(21)8-5-12/h1-11,18H,(H,24,25). The highest BCUT2D eigenvalue weighted by atomic mass is 79.9. The van der Waals surface area contributed by atoms with E-state index < -0.39 is 6.04 Å². The Morgan fingerprint density at radius 1 is 1.00 bits per heavy atom. The average Bonchev–Trinajstić information content (AvgIpc) is 2.61. The molecule has 1 atom stereocenters. The van der Waals surface area contributed by atoms with E-state index in [-0.39, 0.29) is 5.91 Å². The van der Waals surface area contributed by atoms with Gasteiger partial charge in [0.25, 0.3) is 5.91 Å². The maximum atomic E-state index is 12.6. The maximum absolute atomic E-state index is 12.6. The number of halogens is 3. The zero-order valence-corrected chi connectivity index (χ0v) is 16.0. The summed E-state index contributed by atoms with van der Waals surface area (Å²) in [4.78, 5) is 17.1. The highest BCUT2D eigenvalue weighted by Crippen LogP contribution is 2.25. The molecule has 0 bridgehead atoms. The van der Waals surface area contributed by atoms with Crippen molar-refractivity contribution in [1.82, 2.24) is 10.3 Å². The van der Waals surface area contributed by atoms with Crippen molar-refractivity contribution in [1.29, 1.82) is 0 Å². The number of pyridine rings is 1. The van der Waals surface area contributed by atoms with Crippen molar-refractivity contribution in [2.75, 3.05) is 0 Å². The quantitative estimate of drug-likeness (QED) is 0.573. The van der Waals surface area contributed by atoms with Gasteiger partial charge in [-0.25, -0.2) is 0 Å². The van der Waals surface area contributed by atoms with Gasteiger partial charge in [-0.05, 0) is 70.0 Å². The predicted octanol–water partition coefficient (Wildman–Crippen LogP) is 5.67. The largest absolute Gasteiger partial charge is 0.340 e. The SMILES string of the molecule is O=C(NC(c1cccc(Cl)c1)c1ccc(Br)cn1)c1ccc(Cl)cc1. The second-order valence-corrected chi connectivity index (χ2v) is 7.16. The normalized spacial score (nSPS) is 11.8. The highest BCUT2D eigenvalue weighted by molar-refractivity contribution is 9.10. The number of hydrogen-bond donors (Lipinski definition) is 1. The lowest BCUT2D eigenvalue weighted by Gasteiger charge is -2.19. The average molecular weight is 436 g/mol. The molecule has 3 nitrogen and oxygen atoms in total. The van der Waals surface area contributed by atoms with Gasteiger partial charge in [0.2, 0.25) is 0 Å². The fraction of sp³-hybridized carbons (Fsp3) is 0.0526. The Labute approximate surface area is 164 Å². The van der Waals surface area contributed by atoms with Gasteiger partial charge >= 0.3 is 0 Å². The van der Waals surface area contributed by atoms with Gasteiger partial charge in [0.1, 0.15) is 0 Å². The molecule has 0 spiro atoms. The summed E-state index contributed by atoms with van der Waals surface area (Å²) in [7, 11) is 0. The van der Waals surface area contributed by atoms with Gasteiger partial charge in [0.15, 0.2) is 0 Å². The Balaban J connectivity index is 1.94. The molecule has 1 amide bonds. The molecule has 0 saturated carbocycles. The van der Waals surface area contributed by atoms with Crippen molar-refractivity contribution in [2.45, 2.75) is 6.04 Å². The minimum Gasteiger partial charge on any atom is -0.340 e. The first-order valence-electron chi connectivity index (χ1n) is 7.46. The van der Waals surface area contributed by atoms with Crippen LogP contribution in [0.4, 0.5) is 0 Å². The molecule has 1 heterocycles. The molecular weight excluding hydrogens is 423 g/mol. The van der Waals surface area contributed by atoms with Gasteiger partial charge in [-0.2, -0.15) is 0 Å². The third kappa shape index (κ3) is 4.60. The fourth-order valence-electron chi connectivity index (χ4n) is 2.39. The Hall–Kier alpha value is -1.88. The number of nitrogens with one attached hydrogen (secondary N) is 1. The van der Waals surface area contributed by atoms with Crippen LogP contribution in [0.5, 0.6) is 0 Å². The zero-order chi connectivity index (χ0) is 17.8. The number of carbonyl (C=O) groups is 1. The molecular formula is C19H13BrCl2N2O. The Bertz CT molecular complexity index is 883. The third-order valence-corrected chi connectivity index (χ3v) is 4.57. The van der Waals surface area contributed by atoms with E-state index in [1.54, 1.807) is 36.5 Å². The predicted molar refractivity (Wildman–Crippen MR) is 104 cm³/mol. The smallest absolute Gasteiger partial charge is 0.252 e. The lowest BCUT2D eigenvalue weighted by Crippen LogP contribution is -2.29. The maximum Gasteiger partial charge on any atom is 0.252 e. The second kappa shape index (κ2) is 8.00. The minimum absolute atomic E-state index is 0.216. The molecule has 0 aliphatic rings. The fourth-order valence-corrected chi connectivity index (χ4v) is 2.95. The topological polar surface area (TPSA) is 42.0 Å². The Kier molecular flexibility index (Phi) is 5.74. The van der Waals surface area contributed by atoms with E-state index in [0.717, 1.165) is 10.0 Å². The molecule has 3 aromatic rings. The summed E-state index contributed by atoms with van der Waals surface area (Å²) in [5, 5.41) is 4.19. The van der Waals surface area contributed by atoms with E-state index in [1.807, 2.05) is 30.3 Å². The molecule has 0 saturated heterocycles. The van der Waals surface area contributed by atoms with E-state index in [1.165, 1.54) is 0 Å². The number of carbonyl (C=O) groups excluding carboxylic acids is 1. The van der Waals surface area contributed by atoms with Crippen molar-refractivity contribution < 1.29 is 4.79 Å². The van der Waals surface area contributed by atoms with Crippen LogP contribution in [0.15, 0.2) is 71.3 Å². The molecule has 0 fully saturated rings. The van der Waals surface area contributed by atoms with Crippen molar-refractivity contribution in [3.63, 3.8) is 0 Å². The summed E-state index contributed by atoms with van der Waals surface area (Å²) < 4.78 is 0.866. The second-order valence-electron chi connectivity index (χ2n) is 5.37. The number of benzene rings is 2. The molecule has 1 unspecified atom stereocenters. The van der Waals surface area contributed by atoms with E-state index in [9.17, 15) is 4.79 Å². The van der Waals surface area contributed by atoms with Crippen LogP contribution >= 0.6 is 39.1 Å². The molecule has 0 radical (unpaired) electrons. The molecule has 3 rings (SSSR count). The molecule has 0 aliphatic heterocycles. The van der Waals surface area contributed by atoms with Gasteiger partial charge in [0, 0.05) is 26.3 Å². The van der Waals surface area contributed by atoms with E-state index >= 15 is 0 Å². The van der Waals surface area contributed by atoms with Crippen molar-refractivity contribution >= 4 is 45.0 Å². The van der Waals surface area contributed by atoms with E-state index in [2.05, 4.69) is 26.2 Å². The van der Waals surface area contributed by atoms with Crippen molar-refractivity contribution in [2.24, 2.45) is 0 Å². The summed E-state index contributed by atoms with van der Waals surface area (Å²) in [6, 6.07) is 17.4. The number of nitrogens with zero attached hydrogens (tertiary/aromatic N) is 1.